The molecule has 1 aromatic rings. The second kappa shape index (κ2) is 7.02. The van der Waals surface area contributed by atoms with Crippen molar-refractivity contribution in [1.29, 1.82) is 0 Å². The van der Waals surface area contributed by atoms with Gasteiger partial charge < -0.3 is 21.3 Å². The third-order valence-electron chi connectivity index (χ3n) is 4.19. The second-order valence-corrected chi connectivity index (χ2v) is 5.69. The van der Waals surface area contributed by atoms with Crippen LogP contribution in [0.4, 0.5) is 0 Å². The van der Waals surface area contributed by atoms with Crippen LogP contribution in [0, 0.1) is 5.92 Å². The minimum absolute atomic E-state index is 0.134. The van der Waals surface area contributed by atoms with Gasteiger partial charge in [-0.3, -0.25) is 4.79 Å². The van der Waals surface area contributed by atoms with Crippen molar-refractivity contribution in [1.82, 2.24) is 5.32 Å². The average Bonchev–Trinajstić information content (AvgIpc) is 2.80. The van der Waals surface area contributed by atoms with Crippen molar-refractivity contribution in [2.75, 3.05) is 6.54 Å². The van der Waals surface area contributed by atoms with E-state index in [9.17, 15) is 15.0 Å². The molecule has 116 valence electrons. The normalized spacial score (nSPS) is 23.4. The first-order valence-electron chi connectivity index (χ1n) is 7.51. The van der Waals surface area contributed by atoms with Crippen LogP contribution in [0.1, 0.15) is 36.9 Å². The number of carbonyl (C=O) groups is 1. The van der Waals surface area contributed by atoms with E-state index in [0.717, 1.165) is 11.1 Å². The van der Waals surface area contributed by atoms with E-state index in [1.54, 1.807) is 0 Å². The zero-order valence-electron chi connectivity index (χ0n) is 12.3. The SMILES string of the molecule is CCC(CC(O)CN)C(=O)NC1c2ccccc2CC1O. The molecule has 0 spiro atoms. The number of aliphatic hydroxyl groups excluding tert-OH is 2. The lowest BCUT2D eigenvalue weighted by Gasteiger charge is -2.23. The summed E-state index contributed by atoms with van der Waals surface area (Å²) in [6.07, 6.45) is 0.282. The Morgan fingerprint density at radius 3 is 2.86 bits per heavy atom. The molecule has 0 saturated heterocycles. The first-order valence-corrected chi connectivity index (χ1v) is 7.51. The molecule has 0 saturated carbocycles. The molecule has 2 rings (SSSR count). The number of fused-ring (bicyclic) bond motifs is 1. The van der Waals surface area contributed by atoms with E-state index in [-0.39, 0.29) is 24.4 Å². The van der Waals surface area contributed by atoms with Crippen LogP contribution in [-0.2, 0) is 11.2 Å². The molecule has 1 aliphatic rings. The van der Waals surface area contributed by atoms with Gasteiger partial charge in [0, 0.05) is 18.9 Å². The minimum Gasteiger partial charge on any atom is -0.392 e. The first kappa shape index (κ1) is 15.9. The summed E-state index contributed by atoms with van der Waals surface area (Å²) in [6, 6.07) is 7.39. The highest BCUT2D eigenvalue weighted by atomic mass is 16.3. The summed E-state index contributed by atoms with van der Waals surface area (Å²) in [4.78, 5) is 12.4. The van der Waals surface area contributed by atoms with Gasteiger partial charge in [-0.05, 0) is 24.0 Å². The standard InChI is InChI=1S/C16H24N2O3/c1-2-10(7-12(19)9-17)16(21)18-15-13-6-4-3-5-11(13)8-14(15)20/h3-6,10,12,14-15,19-20H,2,7-9,17H2,1H3,(H,18,21). The van der Waals surface area contributed by atoms with E-state index in [1.165, 1.54) is 0 Å². The predicted molar refractivity (Wildman–Crippen MR) is 80.5 cm³/mol. The molecule has 4 atom stereocenters. The van der Waals surface area contributed by atoms with Crippen molar-refractivity contribution < 1.29 is 15.0 Å². The quantitative estimate of drug-likeness (QED) is 0.614. The van der Waals surface area contributed by atoms with Gasteiger partial charge in [0.1, 0.15) is 0 Å². The van der Waals surface area contributed by atoms with Crippen molar-refractivity contribution in [3.63, 3.8) is 0 Å². The molecule has 0 aromatic heterocycles. The fourth-order valence-electron chi connectivity index (χ4n) is 2.90. The number of benzene rings is 1. The van der Waals surface area contributed by atoms with Crippen LogP contribution in [0.25, 0.3) is 0 Å². The van der Waals surface area contributed by atoms with E-state index in [2.05, 4.69) is 5.32 Å². The zero-order chi connectivity index (χ0) is 15.4. The maximum Gasteiger partial charge on any atom is 0.223 e. The second-order valence-electron chi connectivity index (χ2n) is 5.69. The summed E-state index contributed by atoms with van der Waals surface area (Å²) >= 11 is 0. The Kier molecular flexibility index (Phi) is 5.33. The molecule has 0 radical (unpaired) electrons. The van der Waals surface area contributed by atoms with Crippen LogP contribution in [0.2, 0.25) is 0 Å². The molecule has 0 bridgehead atoms. The molecule has 5 N–H and O–H groups in total. The number of nitrogens with one attached hydrogen (secondary N) is 1. The van der Waals surface area contributed by atoms with Gasteiger partial charge >= 0.3 is 0 Å². The molecular weight excluding hydrogens is 268 g/mol. The topological polar surface area (TPSA) is 95.6 Å². The first-order chi connectivity index (χ1) is 10.1. The largest absolute Gasteiger partial charge is 0.392 e. The van der Waals surface area contributed by atoms with Crippen molar-refractivity contribution in [3.8, 4) is 0 Å². The van der Waals surface area contributed by atoms with E-state index < -0.39 is 12.2 Å². The van der Waals surface area contributed by atoms with Crippen LogP contribution in [0.5, 0.6) is 0 Å². The van der Waals surface area contributed by atoms with Crippen LogP contribution in [-0.4, -0.2) is 34.9 Å². The lowest BCUT2D eigenvalue weighted by molar-refractivity contribution is -0.127. The number of carbonyl (C=O) groups excluding carboxylic acids is 1. The van der Waals surface area contributed by atoms with Crippen LogP contribution in [0.15, 0.2) is 24.3 Å². The monoisotopic (exact) mass is 292 g/mol. The van der Waals surface area contributed by atoms with Gasteiger partial charge in [0.25, 0.3) is 0 Å². The molecule has 0 fully saturated rings. The smallest absolute Gasteiger partial charge is 0.223 e. The van der Waals surface area contributed by atoms with Gasteiger partial charge in [0.05, 0.1) is 18.2 Å². The molecule has 5 heteroatoms. The molecular formula is C16H24N2O3. The number of aliphatic hydroxyl groups is 2. The number of hydrogen-bond acceptors (Lipinski definition) is 4. The fourth-order valence-corrected chi connectivity index (χ4v) is 2.90. The van der Waals surface area contributed by atoms with Crippen LogP contribution < -0.4 is 11.1 Å². The highest BCUT2D eigenvalue weighted by Crippen LogP contribution is 2.31. The Hall–Kier alpha value is -1.43. The van der Waals surface area contributed by atoms with E-state index in [0.29, 0.717) is 19.3 Å². The fraction of sp³-hybridized carbons (Fsp3) is 0.562. The molecule has 0 heterocycles. The molecule has 5 nitrogen and oxygen atoms in total. The van der Waals surface area contributed by atoms with Gasteiger partial charge in [-0.2, -0.15) is 0 Å². The van der Waals surface area contributed by atoms with Crippen molar-refractivity contribution in [2.45, 2.75) is 44.4 Å². The lowest BCUT2D eigenvalue weighted by Crippen LogP contribution is -2.39. The summed E-state index contributed by atoms with van der Waals surface area (Å²) in [6.45, 7) is 2.06. The molecule has 1 aromatic carbocycles. The maximum atomic E-state index is 12.4. The third kappa shape index (κ3) is 3.61. The highest BCUT2D eigenvalue weighted by molar-refractivity contribution is 5.79. The van der Waals surface area contributed by atoms with Gasteiger partial charge in [-0.1, -0.05) is 31.2 Å². The van der Waals surface area contributed by atoms with Gasteiger partial charge in [0.15, 0.2) is 0 Å². The van der Waals surface area contributed by atoms with Crippen molar-refractivity contribution in [2.24, 2.45) is 11.7 Å². The predicted octanol–water partition coefficient (Wildman–Crippen LogP) is 0.497. The number of hydrogen-bond donors (Lipinski definition) is 4. The Labute approximate surface area is 125 Å². The summed E-state index contributed by atoms with van der Waals surface area (Å²) < 4.78 is 0. The minimum atomic E-state index is -0.665. The van der Waals surface area contributed by atoms with Gasteiger partial charge in [-0.25, -0.2) is 0 Å². The van der Waals surface area contributed by atoms with Crippen LogP contribution >= 0.6 is 0 Å². The molecule has 1 aliphatic carbocycles. The third-order valence-corrected chi connectivity index (χ3v) is 4.19. The van der Waals surface area contributed by atoms with Crippen molar-refractivity contribution >= 4 is 5.91 Å². The van der Waals surface area contributed by atoms with Gasteiger partial charge in [0.2, 0.25) is 5.91 Å². The highest BCUT2D eigenvalue weighted by Gasteiger charge is 2.33. The lowest BCUT2D eigenvalue weighted by atomic mass is 9.96. The molecule has 1 amide bonds. The molecule has 0 aliphatic heterocycles. The van der Waals surface area contributed by atoms with Crippen LogP contribution in [0.3, 0.4) is 0 Å². The summed E-state index contributed by atoms with van der Waals surface area (Å²) in [5.41, 5.74) is 7.46. The summed E-state index contributed by atoms with van der Waals surface area (Å²) in [7, 11) is 0. The van der Waals surface area contributed by atoms with E-state index in [4.69, 9.17) is 5.73 Å². The Morgan fingerprint density at radius 2 is 2.19 bits per heavy atom. The number of amides is 1. The summed E-state index contributed by atoms with van der Waals surface area (Å²) in [5, 5.41) is 22.7. The molecule has 21 heavy (non-hydrogen) atoms. The maximum absolute atomic E-state index is 12.4. The Bertz CT molecular complexity index is 492. The zero-order valence-corrected chi connectivity index (χ0v) is 12.3. The molecule has 4 unspecified atom stereocenters. The number of nitrogens with two attached hydrogens (primary N) is 1. The van der Waals surface area contributed by atoms with E-state index >= 15 is 0 Å². The Balaban J connectivity index is 2.05. The number of rotatable bonds is 6. The van der Waals surface area contributed by atoms with Crippen molar-refractivity contribution in [3.05, 3.63) is 35.4 Å². The Morgan fingerprint density at radius 1 is 1.48 bits per heavy atom. The average molecular weight is 292 g/mol. The summed E-state index contributed by atoms with van der Waals surface area (Å²) in [5.74, 6) is -0.422. The van der Waals surface area contributed by atoms with Gasteiger partial charge in [-0.15, -0.1) is 0 Å². The van der Waals surface area contributed by atoms with E-state index in [1.807, 2.05) is 31.2 Å².